The fourth-order valence-corrected chi connectivity index (χ4v) is 2.29. The Morgan fingerprint density at radius 1 is 1.56 bits per heavy atom. The third-order valence-corrected chi connectivity index (χ3v) is 3.57. The number of amides is 1. The van der Waals surface area contributed by atoms with E-state index in [0.29, 0.717) is 19.5 Å². The first-order chi connectivity index (χ1) is 8.60. The fraction of sp³-hybridized carbons (Fsp3) is 0.538. The molecule has 0 spiro atoms. The highest BCUT2D eigenvalue weighted by atomic mass is 16.6. The van der Waals surface area contributed by atoms with E-state index in [-0.39, 0.29) is 12.7 Å². The number of ether oxygens (including phenoxy) is 1. The minimum Gasteiger partial charge on any atom is -0.481 e. The second-order valence-corrected chi connectivity index (χ2v) is 4.68. The number of hydrogen-bond acceptors (Lipinski definition) is 3. The van der Waals surface area contributed by atoms with Crippen LogP contribution in [0.5, 0.6) is 0 Å². The second-order valence-electron chi connectivity index (χ2n) is 4.68. The molecule has 5 heteroatoms. The smallest absolute Gasteiger partial charge is 0.410 e. The molecular formula is C13H17NO4. The van der Waals surface area contributed by atoms with E-state index in [0.717, 1.165) is 18.4 Å². The summed E-state index contributed by atoms with van der Waals surface area (Å²) in [4.78, 5) is 24.3. The van der Waals surface area contributed by atoms with Gasteiger partial charge >= 0.3 is 12.1 Å². The number of carbonyl (C=O) groups is 2. The molecule has 0 atom stereocenters. The van der Waals surface area contributed by atoms with Crippen molar-refractivity contribution in [1.29, 1.82) is 0 Å². The molecule has 1 N–H and O–H groups in total. The van der Waals surface area contributed by atoms with Crippen LogP contribution in [0.4, 0.5) is 4.79 Å². The van der Waals surface area contributed by atoms with Crippen LogP contribution in [-0.4, -0.2) is 41.8 Å². The topological polar surface area (TPSA) is 66.8 Å². The van der Waals surface area contributed by atoms with E-state index < -0.39 is 11.4 Å². The molecule has 1 fully saturated rings. The molecule has 0 aromatic rings. The Balaban J connectivity index is 1.94. The number of hydrogen-bond donors (Lipinski definition) is 1. The molecule has 1 saturated carbocycles. The van der Waals surface area contributed by atoms with Crippen LogP contribution < -0.4 is 0 Å². The van der Waals surface area contributed by atoms with E-state index in [1.165, 1.54) is 6.08 Å². The average molecular weight is 251 g/mol. The lowest BCUT2D eigenvalue weighted by molar-refractivity contribution is -0.141. The minimum atomic E-state index is -0.739. The number of carboxylic acids is 1. The molecule has 0 saturated heterocycles. The van der Waals surface area contributed by atoms with Gasteiger partial charge in [0.1, 0.15) is 6.61 Å². The maximum Gasteiger partial charge on any atom is 0.410 e. The molecule has 2 rings (SSSR count). The van der Waals surface area contributed by atoms with Gasteiger partial charge in [-0.25, -0.2) is 4.79 Å². The Labute approximate surface area is 106 Å². The maximum atomic E-state index is 11.6. The van der Waals surface area contributed by atoms with Crippen molar-refractivity contribution >= 4 is 12.1 Å². The summed E-state index contributed by atoms with van der Waals surface area (Å²) in [7, 11) is 0. The van der Waals surface area contributed by atoms with E-state index in [1.807, 2.05) is 6.08 Å². The zero-order valence-electron chi connectivity index (χ0n) is 10.2. The van der Waals surface area contributed by atoms with Crippen molar-refractivity contribution in [1.82, 2.24) is 4.90 Å². The van der Waals surface area contributed by atoms with Crippen LogP contribution in [0, 0.1) is 5.41 Å². The van der Waals surface area contributed by atoms with Gasteiger partial charge in [0.15, 0.2) is 0 Å². The van der Waals surface area contributed by atoms with E-state index >= 15 is 0 Å². The molecule has 0 bridgehead atoms. The molecule has 2 aliphatic rings. The molecule has 1 aliphatic carbocycles. The Morgan fingerprint density at radius 2 is 2.28 bits per heavy atom. The van der Waals surface area contributed by atoms with Crippen molar-refractivity contribution in [2.75, 3.05) is 19.7 Å². The highest BCUT2D eigenvalue weighted by Gasteiger charge is 2.53. The van der Waals surface area contributed by atoms with Crippen molar-refractivity contribution in [2.24, 2.45) is 5.41 Å². The third kappa shape index (κ3) is 2.25. The SMILES string of the molecule is C=CCOC(=O)N1CC=C(C2(C(=O)O)CC2)CC1. The van der Waals surface area contributed by atoms with Crippen molar-refractivity contribution in [3.8, 4) is 0 Å². The summed E-state index contributed by atoms with van der Waals surface area (Å²) < 4.78 is 4.94. The highest BCUT2D eigenvalue weighted by Crippen LogP contribution is 2.53. The quantitative estimate of drug-likeness (QED) is 0.774. The molecular weight excluding hydrogens is 234 g/mol. The van der Waals surface area contributed by atoms with E-state index in [4.69, 9.17) is 4.74 Å². The lowest BCUT2D eigenvalue weighted by atomic mass is 9.91. The summed E-state index contributed by atoms with van der Waals surface area (Å²) >= 11 is 0. The normalized spacial score (nSPS) is 20.9. The lowest BCUT2D eigenvalue weighted by Crippen LogP contribution is -2.37. The van der Waals surface area contributed by atoms with E-state index in [1.54, 1.807) is 4.90 Å². The fourth-order valence-electron chi connectivity index (χ4n) is 2.29. The number of carboxylic acid groups (broad SMARTS) is 1. The van der Waals surface area contributed by atoms with Gasteiger partial charge in [-0.3, -0.25) is 4.79 Å². The second kappa shape index (κ2) is 4.84. The minimum absolute atomic E-state index is 0.199. The molecule has 1 amide bonds. The first-order valence-corrected chi connectivity index (χ1v) is 6.05. The summed E-state index contributed by atoms with van der Waals surface area (Å²) in [5.74, 6) is -0.739. The summed E-state index contributed by atoms with van der Waals surface area (Å²) in [6, 6.07) is 0. The average Bonchev–Trinajstić information content (AvgIpc) is 3.17. The summed E-state index contributed by atoms with van der Waals surface area (Å²) in [6.45, 7) is 4.63. The predicted octanol–water partition coefficient (Wildman–Crippen LogP) is 1.81. The van der Waals surface area contributed by atoms with Crippen LogP contribution in [0.1, 0.15) is 19.3 Å². The first-order valence-electron chi connectivity index (χ1n) is 6.05. The monoisotopic (exact) mass is 251 g/mol. The summed E-state index contributed by atoms with van der Waals surface area (Å²) in [5.41, 5.74) is 0.333. The van der Waals surface area contributed by atoms with Gasteiger partial charge < -0.3 is 14.7 Å². The Hall–Kier alpha value is -1.78. The van der Waals surface area contributed by atoms with Crippen molar-refractivity contribution in [3.05, 3.63) is 24.3 Å². The Morgan fingerprint density at radius 3 is 2.72 bits per heavy atom. The van der Waals surface area contributed by atoms with Crippen LogP contribution in [-0.2, 0) is 9.53 Å². The lowest BCUT2D eigenvalue weighted by Gasteiger charge is -2.27. The summed E-state index contributed by atoms with van der Waals surface area (Å²) in [5, 5.41) is 9.19. The molecule has 1 aliphatic heterocycles. The molecule has 0 aromatic heterocycles. The van der Waals surface area contributed by atoms with Crippen LogP contribution >= 0.6 is 0 Å². The molecule has 0 unspecified atom stereocenters. The molecule has 1 heterocycles. The van der Waals surface area contributed by atoms with Gasteiger partial charge in [0.25, 0.3) is 0 Å². The van der Waals surface area contributed by atoms with E-state index in [2.05, 4.69) is 6.58 Å². The molecule has 5 nitrogen and oxygen atoms in total. The van der Waals surface area contributed by atoms with Gasteiger partial charge in [-0.1, -0.05) is 24.3 Å². The number of rotatable bonds is 4. The zero-order valence-corrected chi connectivity index (χ0v) is 10.2. The number of nitrogens with zero attached hydrogens (tertiary/aromatic N) is 1. The largest absolute Gasteiger partial charge is 0.481 e. The Bertz CT molecular complexity index is 409. The standard InChI is InChI=1S/C13H17NO4/c1-2-9-18-12(17)14-7-3-10(4-8-14)13(5-6-13)11(15)16/h2-3H,1,4-9H2,(H,15,16). The van der Waals surface area contributed by atoms with Gasteiger partial charge in [0.05, 0.1) is 5.41 Å². The Kier molecular flexibility index (Phi) is 3.41. The van der Waals surface area contributed by atoms with Crippen molar-refractivity contribution < 1.29 is 19.4 Å². The predicted molar refractivity (Wildman–Crippen MR) is 65.1 cm³/mol. The molecule has 0 aromatic carbocycles. The zero-order chi connectivity index (χ0) is 13.2. The van der Waals surface area contributed by atoms with Crippen LogP contribution in [0.3, 0.4) is 0 Å². The van der Waals surface area contributed by atoms with Crippen LogP contribution in [0.2, 0.25) is 0 Å². The molecule has 98 valence electrons. The molecule has 0 radical (unpaired) electrons. The van der Waals surface area contributed by atoms with Crippen LogP contribution in [0.25, 0.3) is 0 Å². The van der Waals surface area contributed by atoms with Gasteiger partial charge in [-0.05, 0) is 19.3 Å². The maximum absolute atomic E-state index is 11.6. The van der Waals surface area contributed by atoms with Crippen molar-refractivity contribution in [2.45, 2.75) is 19.3 Å². The van der Waals surface area contributed by atoms with Gasteiger partial charge in [-0.15, -0.1) is 0 Å². The third-order valence-electron chi connectivity index (χ3n) is 3.57. The number of carbonyl (C=O) groups excluding carboxylic acids is 1. The first kappa shape index (κ1) is 12.7. The number of aliphatic carboxylic acids is 1. The van der Waals surface area contributed by atoms with Gasteiger partial charge in [0.2, 0.25) is 0 Å². The van der Waals surface area contributed by atoms with E-state index in [9.17, 15) is 14.7 Å². The molecule has 18 heavy (non-hydrogen) atoms. The highest BCUT2D eigenvalue weighted by molar-refractivity contribution is 5.82. The van der Waals surface area contributed by atoms with Gasteiger partial charge in [-0.2, -0.15) is 0 Å². The van der Waals surface area contributed by atoms with Crippen molar-refractivity contribution in [3.63, 3.8) is 0 Å². The summed E-state index contributed by atoms with van der Waals surface area (Å²) in [6.07, 6.45) is 5.07. The van der Waals surface area contributed by atoms with Gasteiger partial charge in [0, 0.05) is 13.1 Å². The van der Waals surface area contributed by atoms with Crippen LogP contribution in [0.15, 0.2) is 24.3 Å².